The molecule has 1 unspecified atom stereocenters. The molecule has 29 heavy (non-hydrogen) atoms. The Hall–Kier alpha value is -3.49. The second kappa shape index (κ2) is 7.50. The van der Waals surface area contributed by atoms with Gasteiger partial charge in [0.15, 0.2) is 11.4 Å². The molecule has 9 nitrogen and oxygen atoms in total. The fraction of sp³-hybridized carbons (Fsp3) is 0.350. The van der Waals surface area contributed by atoms with Crippen molar-refractivity contribution in [1.29, 1.82) is 0 Å². The first-order valence-corrected chi connectivity index (χ1v) is 9.22. The number of nitrogens with zero attached hydrogens (tertiary/aromatic N) is 3. The number of benzene rings is 1. The van der Waals surface area contributed by atoms with Gasteiger partial charge < -0.3 is 20.2 Å². The van der Waals surface area contributed by atoms with E-state index in [1.807, 2.05) is 19.1 Å². The number of aromatic nitrogens is 1. The Labute approximate surface area is 167 Å². The number of anilines is 2. The molecule has 0 saturated heterocycles. The molecule has 2 aromatic rings. The summed E-state index contributed by atoms with van der Waals surface area (Å²) in [5.74, 6) is -1.24. The predicted molar refractivity (Wildman–Crippen MR) is 107 cm³/mol. The quantitative estimate of drug-likeness (QED) is 0.611. The SMILES string of the molecule is CCc1ccc(NC(=O)C(C)N2C(=O)C(C)(C)Oc3ccc([N+](=O)[O-])nc32)cc1. The molecule has 1 aliphatic rings. The minimum atomic E-state index is -1.25. The van der Waals surface area contributed by atoms with Crippen molar-refractivity contribution in [2.24, 2.45) is 0 Å². The van der Waals surface area contributed by atoms with E-state index in [0.29, 0.717) is 5.69 Å². The van der Waals surface area contributed by atoms with Crippen molar-refractivity contribution in [3.8, 4) is 5.75 Å². The number of carbonyl (C=O) groups is 2. The second-order valence-electron chi connectivity index (χ2n) is 7.25. The van der Waals surface area contributed by atoms with Crippen LogP contribution >= 0.6 is 0 Å². The van der Waals surface area contributed by atoms with Gasteiger partial charge in [-0.15, -0.1) is 0 Å². The molecule has 0 fully saturated rings. The highest BCUT2D eigenvalue weighted by molar-refractivity contribution is 6.08. The zero-order valence-electron chi connectivity index (χ0n) is 16.6. The summed E-state index contributed by atoms with van der Waals surface area (Å²) in [6.45, 7) is 6.71. The van der Waals surface area contributed by atoms with Gasteiger partial charge in [-0.05, 0) is 60.9 Å². The number of carbonyl (C=O) groups excluding carboxylic acids is 2. The highest BCUT2D eigenvalue weighted by Gasteiger charge is 2.47. The van der Waals surface area contributed by atoms with Gasteiger partial charge in [0, 0.05) is 11.8 Å². The Bertz CT molecular complexity index is 971. The summed E-state index contributed by atoms with van der Waals surface area (Å²) in [6, 6.07) is 8.99. The molecule has 3 rings (SSSR count). The number of rotatable bonds is 5. The van der Waals surface area contributed by atoms with Gasteiger partial charge in [-0.1, -0.05) is 19.1 Å². The van der Waals surface area contributed by atoms with Crippen molar-refractivity contribution < 1.29 is 19.2 Å². The van der Waals surface area contributed by atoms with Crippen LogP contribution in [0.15, 0.2) is 36.4 Å². The van der Waals surface area contributed by atoms with E-state index in [1.165, 1.54) is 12.1 Å². The largest absolute Gasteiger partial charge is 0.472 e. The van der Waals surface area contributed by atoms with E-state index in [1.54, 1.807) is 32.9 Å². The van der Waals surface area contributed by atoms with Crippen LogP contribution in [0.25, 0.3) is 0 Å². The van der Waals surface area contributed by atoms with Crippen LogP contribution in [0.3, 0.4) is 0 Å². The van der Waals surface area contributed by atoms with Crippen LogP contribution < -0.4 is 15.0 Å². The number of amides is 2. The van der Waals surface area contributed by atoms with E-state index in [2.05, 4.69) is 10.3 Å². The molecule has 0 bridgehead atoms. The lowest BCUT2D eigenvalue weighted by molar-refractivity contribution is -0.389. The standard InChI is InChI=1S/C20H22N4O5/c1-5-13-6-8-14(9-7-13)21-18(25)12(2)23-17-15(29-20(3,4)19(23)26)10-11-16(22-17)24(27)28/h6-12H,5H2,1-4H3,(H,21,25). The van der Waals surface area contributed by atoms with E-state index in [4.69, 9.17) is 4.74 Å². The van der Waals surface area contributed by atoms with E-state index >= 15 is 0 Å². The number of nitro groups is 1. The third-order valence-corrected chi connectivity index (χ3v) is 4.74. The summed E-state index contributed by atoms with van der Waals surface area (Å²) in [4.78, 5) is 41.4. The number of pyridine rings is 1. The van der Waals surface area contributed by atoms with Crippen molar-refractivity contribution >= 4 is 29.1 Å². The van der Waals surface area contributed by atoms with E-state index < -0.39 is 34.2 Å². The number of fused-ring (bicyclic) bond motifs is 1. The van der Waals surface area contributed by atoms with Gasteiger partial charge in [0.2, 0.25) is 5.91 Å². The Morgan fingerprint density at radius 2 is 1.93 bits per heavy atom. The monoisotopic (exact) mass is 398 g/mol. The molecular weight excluding hydrogens is 376 g/mol. The number of ether oxygens (including phenoxy) is 1. The Kier molecular flexibility index (Phi) is 5.23. The van der Waals surface area contributed by atoms with Crippen molar-refractivity contribution in [1.82, 2.24) is 4.98 Å². The van der Waals surface area contributed by atoms with Gasteiger partial charge in [0.1, 0.15) is 6.04 Å². The molecule has 1 aromatic carbocycles. The lowest BCUT2D eigenvalue weighted by atomic mass is 10.0. The minimum absolute atomic E-state index is 0.0486. The van der Waals surface area contributed by atoms with Crippen LogP contribution in [0.1, 0.15) is 33.3 Å². The molecule has 0 saturated carbocycles. The topological polar surface area (TPSA) is 115 Å². The highest BCUT2D eigenvalue weighted by Crippen LogP contribution is 2.38. The lowest BCUT2D eigenvalue weighted by Gasteiger charge is -2.38. The first-order chi connectivity index (χ1) is 13.6. The minimum Gasteiger partial charge on any atom is -0.472 e. The van der Waals surface area contributed by atoms with E-state index in [0.717, 1.165) is 16.9 Å². The summed E-state index contributed by atoms with van der Waals surface area (Å²) in [6.07, 6.45) is 0.878. The Balaban J connectivity index is 1.94. The first kappa shape index (κ1) is 20.2. The second-order valence-corrected chi connectivity index (χ2v) is 7.25. The zero-order valence-corrected chi connectivity index (χ0v) is 16.6. The molecule has 1 N–H and O–H groups in total. The van der Waals surface area contributed by atoms with Crippen molar-refractivity contribution in [3.63, 3.8) is 0 Å². The zero-order chi connectivity index (χ0) is 21.3. The molecule has 152 valence electrons. The molecule has 9 heteroatoms. The van der Waals surface area contributed by atoms with Crippen LogP contribution in [0.2, 0.25) is 0 Å². The molecule has 1 aromatic heterocycles. The third-order valence-electron chi connectivity index (χ3n) is 4.74. The van der Waals surface area contributed by atoms with Crippen LogP contribution in [-0.4, -0.2) is 33.4 Å². The molecule has 0 aliphatic carbocycles. The van der Waals surface area contributed by atoms with Gasteiger partial charge in [-0.2, -0.15) is 0 Å². The van der Waals surface area contributed by atoms with Gasteiger partial charge in [0.25, 0.3) is 11.7 Å². The number of hydrogen-bond acceptors (Lipinski definition) is 6. The van der Waals surface area contributed by atoms with Crippen LogP contribution in [0, 0.1) is 10.1 Å². The molecule has 2 heterocycles. The normalized spacial score (nSPS) is 15.9. The lowest BCUT2D eigenvalue weighted by Crippen LogP contribution is -2.58. The van der Waals surface area contributed by atoms with Crippen LogP contribution in [0.5, 0.6) is 5.75 Å². The Morgan fingerprint density at radius 1 is 1.28 bits per heavy atom. The van der Waals surface area contributed by atoms with Gasteiger partial charge >= 0.3 is 5.82 Å². The average molecular weight is 398 g/mol. The van der Waals surface area contributed by atoms with Crippen LogP contribution in [-0.2, 0) is 16.0 Å². The summed E-state index contributed by atoms with van der Waals surface area (Å²) in [7, 11) is 0. The summed E-state index contributed by atoms with van der Waals surface area (Å²) < 4.78 is 5.66. The molecule has 0 spiro atoms. The predicted octanol–water partition coefficient (Wildman–Crippen LogP) is 3.08. The van der Waals surface area contributed by atoms with Gasteiger partial charge in [0.05, 0.1) is 0 Å². The maximum Gasteiger partial charge on any atom is 0.366 e. The fourth-order valence-electron chi connectivity index (χ4n) is 3.03. The average Bonchev–Trinajstić information content (AvgIpc) is 2.68. The molecule has 0 radical (unpaired) electrons. The van der Waals surface area contributed by atoms with Crippen molar-refractivity contribution in [2.75, 3.05) is 10.2 Å². The maximum atomic E-state index is 13.0. The fourth-order valence-corrected chi connectivity index (χ4v) is 3.03. The number of aryl methyl sites for hydroxylation is 1. The first-order valence-electron chi connectivity index (χ1n) is 9.22. The maximum absolute atomic E-state index is 13.0. The molecule has 1 atom stereocenters. The van der Waals surface area contributed by atoms with Crippen molar-refractivity contribution in [3.05, 3.63) is 52.1 Å². The summed E-state index contributed by atoms with van der Waals surface area (Å²) in [5, 5.41) is 13.9. The highest BCUT2D eigenvalue weighted by atomic mass is 16.6. The van der Waals surface area contributed by atoms with Gasteiger partial charge in [-0.3, -0.25) is 14.5 Å². The number of hydrogen-bond donors (Lipinski definition) is 1. The third kappa shape index (κ3) is 3.89. The van der Waals surface area contributed by atoms with E-state index in [9.17, 15) is 19.7 Å². The van der Waals surface area contributed by atoms with E-state index in [-0.39, 0.29) is 11.6 Å². The van der Waals surface area contributed by atoms with Gasteiger partial charge in [-0.25, -0.2) is 0 Å². The Morgan fingerprint density at radius 3 is 2.52 bits per heavy atom. The molecule has 2 amide bonds. The summed E-state index contributed by atoms with van der Waals surface area (Å²) in [5.41, 5.74) is 0.472. The summed E-state index contributed by atoms with van der Waals surface area (Å²) >= 11 is 0. The van der Waals surface area contributed by atoms with Crippen molar-refractivity contribution in [2.45, 2.75) is 45.8 Å². The molecular formula is C20H22N4O5. The molecule has 1 aliphatic heterocycles. The smallest absolute Gasteiger partial charge is 0.366 e. The van der Waals surface area contributed by atoms with Crippen LogP contribution in [0.4, 0.5) is 17.3 Å². The number of nitrogens with one attached hydrogen (secondary N) is 1.